The fourth-order valence-corrected chi connectivity index (χ4v) is 1.66. The standard InChI is InChI=1S/C14H23NO2/c1-5-15-13(9-16-4)10-17-14-7-6-11(2)12(3)8-14/h6-8,13,15H,5,9-10H2,1-4H3. The van der Waals surface area contributed by atoms with Crippen LogP contribution in [-0.2, 0) is 4.74 Å². The lowest BCUT2D eigenvalue weighted by Crippen LogP contribution is -2.38. The molecule has 0 aliphatic carbocycles. The Morgan fingerprint density at radius 1 is 1.18 bits per heavy atom. The molecule has 1 aromatic rings. The molecular formula is C14H23NO2. The van der Waals surface area contributed by atoms with Gasteiger partial charge in [0.1, 0.15) is 12.4 Å². The summed E-state index contributed by atoms with van der Waals surface area (Å²) in [5, 5.41) is 3.33. The van der Waals surface area contributed by atoms with Gasteiger partial charge in [0, 0.05) is 7.11 Å². The second-order valence-electron chi connectivity index (χ2n) is 4.27. The Bertz CT molecular complexity index is 333. The number of hydrogen-bond acceptors (Lipinski definition) is 3. The lowest BCUT2D eigenvalue weighted by Gasteiger charge is -2.18. The SMILES string of the molecule is CCNC(COC)COc1ccc(C)c(C)c1. The minimum absolute atomic E-state index is 0.242. The molecule has 0 aliphatic rings. The first-order chi connectivity index (χ1) is 8.17. The summed E-state index contributed by atoms with van der Waals surface area (Å²) >= 11 is 0. The van der Waals surface area contributed by atoms with E-state index in [0.29, 0.717) is 13.2 Å². The van der Waals surface area contributed by atoms with Gasteiger partial charge in [-0.1, -0.05) is 13.0 Å². The predicted octanol–water partition coefficient (Wildman–Crippen LogP) is 2.31. The summed E-state index contributed by atoms with van der Waals surface area (Å²) in [7, 11) is 1.71. The molecule has 17 heavy (non-hydrogen) atoms. The molecule has 0 bridgehead atoms. The van der Waals surface area contributed by atoms with Crippen molar-refractivity contribution < 1.29 is 9.47 Å². The van der Waals surface area contributed by atoms with Crippen molar-refractivity contribution in [1.82, 2.24) is 5.32 Å². The van der Waals surface area contributed by atoms with Crippen molar-refractivity contribution in [1.29, 1.82) is 0 Å². The summed E-state index contributed by atoms with van der Waals surface area (Å²) in [4.78, 5) is 0. The normalized spacial score (nSPS) is 12.5. The van der Waals surface area contributed by atoms with Gasteiger partial charge >= 0.3 is 0 Å². The van der Waals surface area contributed by atoms with Gasteiger partial charge in [-0.3, -0.25) is 0 Å². The van der Waals surface area contributed by atoms with E-state index in [-0.39, 0.29) is 6.04 Å². The van der Waals surface area contributed by atoms with Crippen molar-refractivity contribution in [2.75, 3.05) is 26.9 Å². The first-order valence-corrected chi connectivity index (χ1v) is 6.09. The van der Waals surface area contributed by atoms with E-state index in [2.05, 4.69) is 38.2 Å². The Kier molecular flexibility index (Phi) is 6.01. The number of benzene rings is 1. The highest BCUT2D eigenvalue weighted by Gasteiger charge is 2.07. The van der Waals surface area contributed by atoms with Crippen LogP contribution in [0.15, 0.2) is 18.2 Å². The van der Waals surface area contributed by atoms with Crippen molar-refractivity contribution in [3.8, 4) is 5.75 Å². The third-order valence-corrected chi connectivity index (χ3v) is 2.79. The first-order valence-electron chi connectivity index (χ1n) is 6.09. The van der Waals surface area contributed by atoms with Gasteiger partial charge in [-0.25, -0.2) is 0 Å². The molecule has 0 aromatic heterocycles. The number of likely N-dealkylation sites (N-methyl/N-ethyl adjacent to an activating group) is 1. The maximum atomic E-state index is 5.77. The van der Waals surface area contributed by atoms with Crippen LogP contribution in [0.3, 0.4) is 0 Å². The van der Waals surface area contributed by atoms with E-state index in [0.717, 1.165) is 12.3 Å². The minimum atomic E-state index is 0.242. The summed E-state index contributed by atoms with van der Waals surface area (Å²) in [6, 6.07) is 6.42. The van der Waals surface area contributed by atoms with E-state index >= 15 is 0 Å². The third-order valence-electron chi connectivity index (χ3n) is 2.79. The van der Waals surface area contributed by atoms with Crippen LogP contribution >= 0.6 is 0 Å². The molecule has 0 spiro atoms. The monoisotopic (exact) mass is 237 g/mol. The van der Waals surface area contributed by atoms with Crippen molar-refractivity contribution in [3.05, 3.63) is 29.3 Å². The lowest BCUT2D eigenvalue weighted by atomic mass is 10.1. The fourth-order valence-electron chi connectivity index (χ4n) is 1.66. The highest BCUT2D eigenvalue weighted by molar-refractivity contribution is 5.33. The second-order valence-corrected chi connectivity index (χ2v) is 4.27. The van der Waals surface area contributed by atoms with Crippen LogP contribution in [-0.4, -0.2) is 32.9 Å². The van der Waals surface area contributed by atoms with E-state index < -0.39 is 0 Å². The summed E-state index contributed by atoms with van der Waals surface area (Å²) in [5.74, 6) is 0.923. The minimum Gasteiger partial charge on any atom is -0.492 e. The smallest absolute Gasteiger partial charge is 0.119 e. The molecule has 0 aliphatic heterocycles. The van der Waals surface area contributed by atoms with Gasteiger partial charge in [0.25, 0.3) is 0 Å². The number of rotatable bonds is 7. The molecule has 0 saturated carbocycles. The molecule has 96 valence electrons. The fraction of sp³-hybridized carbons (Fsp3) is 0.571. The van der Waals surface area contributed by atoms with Gasteiger partial charge in [0.05, 0.1) is 12.6 Å². The number of nitrogens with one attached hydrogen (secondary N) is 1. The zero-order chi connectivity index (χ0) is 12.7. The molecular weight excluding hydrogens is 214 g/mol. The molecule has 1 aromatic carbocycles. The lowest BCUT2D eigenvalue weighted by molar-refractivity contribution is 0.137. The Morgan fingerprint density at radius 3 is 2.53 bits per heavy atom. The molecule has 3 nitrogen and oxygen atoms in total. The molecule has 1 rings (SSSR count). The Balaban J connectivity index is 2.49. The zero-order valence-corrected chi connectivity index (χ0v) is 11.2. The first kappa shape index (κ1) is 14.0. The Morgan fingerprint density at radius 2 is 1.94 bits per heavy atom. The molecule has 0 fully saturated rings. The van der Waals surface area contributed by atoms with E-state index in [1.807, 2.05) is 6.07 Å². The molecule has 1 N–H and O–H groups in total. The maximum Gasteiger partial charge on any atom is 0.119 e. The number of hydrogen-bond donors (Lipinski definition) is 1. The van der Waals surface area contributed by atoms with Crippen molar-refractivity contribution >= 4 is 0 Å². The zero-order valence-electron chi connectivity index (χ0n) is 11.2. The van der Waals surface area contributed by atoms with Gasteiger partial charge < -0.3 is 14.8 Å². The van der Waals surface area contributed by atoms with E-state index in [4.69, 9.17) is 9.47 Å². The largest absolute Gasteiger partial charge is 0.492 e. The predicted molar refractivity (Wildman–Crippen MR) is 70.8 cm³/mol. The van der Waals surface area contributed by atoms with E-state index in [9.17, 15) is 0 Å². The van der Waals surface area contributed by atoms with Gasteiger partial charge in [0.2, 0.25) is 0 Å². The van der Waals surface area contributed by atoms with Crippen LogP contribution in [0.2, 0.25) is 0 Å². The number of ether oxygens (including phenoxy) is 2. The molecule has 1 unspecified atom stereocenters. The van der Waals surface area contributed by atoms with Crippen LogP contribution in [0.25, 0.3) is 0 Å². The van der Waals surface area contributed by atoms with E-state index in [1.54, 1.807) is 7.11 Å². The van der Waals surface area contributed by atoms with Gasteiger partial charge in [0.15, 0.2) is 0 Å². The van der Waals surface area contributed by atoms with Gasteiger partial charge in [-0.2, -0.15) is 0 Å². The summed E-state index contributed by atoms with van der Waals surface area (Å²) in [5.41, 5.74) is 2.55. The summed E-state index contributed by atoms with van der Waals surface area (Å²) in [6.07, 6.45) is 0. The highest BCUT2D eigenvalue weighted by Crippen LogP contribution is 2.16. The third kappa shape index (κ3) is 4.75. The quantitative estimate of drug-likeness (QED) is 0.789. The van der Waals surface area contributed by atoms with Crippen LogP contribution in [0.1, 0.15) is 18.1 Å². The highest BCUT2D eigenvalue weighted by atomic mass is 16.5. The number of methoxy groups -OCH3 is 1. The van der Waals surface area contributed by atoms with Crippen LogP contribution in [0.5, 0.6) is 5.75 Å². The molecule has 0 radical (unpaired) electrons. The maximum absolute atomic E-state index is 5.77. The number of aryl methyl sites for hydroxylation is 2. The molecule has 0 amide bonds. The summed E-state index contributed by atoms with van der Waals surface area (Å²) in [6.45, 7) is 8.50. The molecule has 1 atom stereocenters. The van der Waals surface area contributed by atoms with Crippen LogP contribution in [0, 0.1) is 13.8 Å². The van der Waals surface area contributed by atoms with Crippen molar-refractivity contribution in [2.45, 2.75) is 26.8 Å². The Hall–Kier alpha value is -1.06. The van der Waals surface area contributed by atoms with Crippen LogP contribution in [0.4, 0.5) is 0 Å². The second kappa shape index (κ2) is 7.30. The average molecular weight is 237 g/mol. The Labute approximate surface area is 104 Å². The molecule has 3 heteroatoms. The van der Waals surface area contributed by atoms with Crippen LogP contribution < -0.4 is 10.1 Å². The van der Waals surface area contributed by atoms with Crippen molar-refractivity contribution in [2.24, 2.45) is 0 Å². The molecule has 0 saturated heterocycles. The topological polar surface area (TPSA) is 30.5 Å². The van der Waals surface area contributed by atoms with Crippen molar-refractivity contribution in [3.63, 3.8) is 0 Å². The molecule has 0 heterocycles. The summed E-state index contributed by atoms with van der Waals surface area (Å²) < 4.78 is 10.9. The van der Waals surface area contributed by atoms with Gasteiger partial charge in [-0.15, -0.1) is 0 Å². The van der Waals surface area contributed by atoms with Gasteiger partial charge in [-0.05, 0) is 43.7 Å². The van der Waals surface area contributed by atoms with E-state index in [1.165, 1.54) is 11.1 Å². The average Bonchev–Trinajstić information content (AvgIpc) is 2.31.